The van der Waals surface area contributed by atoms with E-state index in [1.807, 2.05) is 23.1 Å². The van der Waals surface area contributed by atoms with Crippen LogP contribution in [0.3, 0.4) is 0 Å². The molecule has 1 amide bonds. The summed E-state index contributed by atoms with van der Waals surface area (Å²) < 4.78 is 1.96. The molecule has 1 aliphatic heterocycles. The SMILES string of the molecule is CC(C)N1CCN(SS)CC1=O. The Morgan fingerprint density at radius 2 is 2.17 bits per heavy atom. The van der Waals surface area contributed by atoms with Crippen molar-refractivity contribution in [1.29, 1.82) is 0 Å². The Bertz CT molecular complexity index is 175. The quantitative estimate of drug-likeness (QED) is 0.415. The first-order chi connectivity index (χ1) is 5.65. The molecule has 0 N–H and O–H groups in total. The highest BCUT2D eigenvalue weighted by Gasteiger charge is 2.25. The average molecular weight is 206 g/mol. The first kappa shape index (κ1) is 10.2. The molecule has 1 heterocycles. The molecule has 5 heteroatoms. The fourth-order valence-electron chi connectivity index (χ4n) is 1.28. The largest absolute Gasteiger partial charge is 0.338 e. The van der Waals surface area contributed by atoms with Crippen LogP contribution in [0.25, 0.3) is 0 Å². The van der Waals surface area contributed by atoms with Gasteiger partial charge in [-0.25, -0.2) is 4.31 Å². The van der Waals surface area contributed by atoms with Crippen molar-refractivity contribution < 1.29 is 4.79 Å². The monoisotopic (exact) mass is 206 g/mol. The van der Waals surface area contributed by atoms with Gasteiger partial charge in [-0.2, -0.15) is 0 Å². The molecular weight excluding hydrogens is 192 g/mol. The second-order valence-electron chi connectivity index (χ2n) is 3.13. The number of thiol groups is 1. The summed E-state index contributed by atoms with van der Waals surface area (Å²) in [7, 11) is 1.34. The summed E-state index contributed by atoms with van der Waals surface area (Å²) in [5, 5.41) is 0. The van der Waals surface area contributed by atoms with Crippen molar-refractivity contribution in [2.24, 2.45) is 0 Å². The van der Waals surface area contributed by atoms with Crippen LogP contribution in [0.5, 0.6) is 0 Å². The third-order valence-corrected chi connectivity index (χ3v) is 3.20. The number of amides is 1. The number of rotatable bonds is 2. The molecule has 1 fully saturated rings. The van der Waals surface area contributed by atoms with E-state index < -0.39 is 0 Å². The topological polar surface area (TPSA) is 23.6 Å². The summed E-state index contributed by atoms with van der Waals surface area (Å²) >= 11 is 4.06. The number of hydrogen-bond donors (Lipinski definition) is 1. The molecule has 0 saturated carbocycles. The number of carbonyl (C=O) groups is 1. The molecule has 0 aromatic carbocycles. The van der Waals surface area contributed by atoms with Crippen LogP contribution < -0.4 is 0 Å². The van der Waals surface area contributed by atoms with E-state index in [1.54, 1.807) is 0 Å². The highest BCUT2D eigenvalue weighted by Crippen LogP contribution is 2.17. The highest BCUT2D eigenvalue weighted by atomic mass is 33.1. The van der Waals surface area contributed by atoms with Gasteiger partial charge in [-0.3, -0.25) is 4.79 Å². The number of piperazine rings is 1. The predicted octanol–water partition coefficient (Wildman–Crippen LogP) is 1.03. The van der Waals surface area contributed by atoms with Crippen molar-refractivity contribution in [3.63, 3.8) is 0 Å². The average Bonchev–Trinajstić information content (AvgIpc) is 2.03. The Balaban J connectivity index is 2.48. The van der Waals surface area contributed by atoms with Gasteiger partial charge in [0.15, 0.2) is 0 Å². The molecule has 0 aliphatic carbocycles. The first-order valence-electron chi connectivity index (χ1n) is 4.01. The van der Waals surface area contributed by atoms with Crippen LogP contribution in [-0.2, 0) is 4.79 Å². The highest BCUT2D eigenvalue weighted by molar-refractivity contribution is 8.67. The number of nitrogens with zero attached hydrogens (tertiary/aromatic N) is 2. The molecule has 3 nitrogen and oxygen atoms in total. The minimum absolute atomic E-state index is 0.206. The van der Waals surface area contributed by atoms with Crippen molar-refractivity contribution in [3.05, 3.63) is 0 Å². The lowest BCUT2D eigenvalue weighted by Gasteiger charge is -2.35. The Labute approximate surface area is 82.4 Å². The summed E-state index contributed by atoms with van der Waals surface area (Å²) in [5.74, 6) is 0.206. The van der Waals surface area contributed by atoms with Crippen LogP contribution in [0.4, 0.5) is 0 Å². The Morgan fingerprint density at radius 1 is 1.50 bits per heavy atom. The van der Waals surface area contributed by atoms with Crippen molar-refractivity contribution in [3.8, 4) is 0 Å². The minimum atomic E-state index is 0.206. The normalized spacial score (nSPS) is 20.7. The Kier molecular flexibility index (Phi) is 3.74. The van der Waals surface area contributed by atoms with Crippen molar-refractivity contribution in [2.45, 2.75) is 19.9 Å². The zero-order valence-electron chi connectivity index (χ0n) is 7.36. The van der Waals surface area contributed by atoms with Gasteiger partial charge in [0, 0.05) is 19.1 Å². The summed E-state index contributed by atoms with van der Waals surface area (Å²) in [4.78, 5) is 13.3. The van der Waals surface area contributed by atoms with Gasteiger partial charge in [-0.15, -0.1) is 0 Å². The van der Waals surface area contributed by atoms with Crippen molar-refractivity contribution >= 4 is 28.5 Å². The lowest BCUT2D eigenvalue weighted by molar-refractivity contribution is -0.135. The van der Waals surface area contributed by atoms with Crippen LogP contribution >= 0.6 is 22.6 Å². The van der Waals surface area contributed by atoms with E-state index in [9.17, 15) is 4.79 Å². The van der Waals surface area contributed by atoms with E-state index in [0.717, 1.165) is 13.1 Å². The molecule has 0 spiro atoms. The second-order valence-corrected chi connectivity index (χ2v) is 4.30. The van der Waals surface area contributed by atoms with Gasteiger partial charge in [0.05, 0.1) is 6.54 Å². The molecule has 0 aromatic heterocycles. The van der Waals surface area contributed by atoms with E-state index in [1.165, 1.54) is 11.0 Å². The molecular formula is C7H14N2OS2. The zero-order chi connectivity index (χ0) is 9.14. The van der Waals surface area contributed by atoms with Gasteiger partial charge >= 0.3 is 0 Å². The minimum Gasteiger partial charge on any atom is -0.338 e. The van der Waals surface area contributed by atoms with Crippen LogP contribution in [0.1, 0.15) is 13.8 Å². The molecule has 1 rings (SSSR count). The zero-order valence-corrected chi connectivity index (χ0v) is 9.07. The molecule has 1 saturated heterocycles. The molecule has 0 bridgehead atoms. The van der Waals surface area contributed by atoms with Crippen LogP contribution in [0, 0.1) is 0 Å². The van der Waals surface area contributed by atoms with Gasteiger partial charge in [0.2, 0.25) is 5.91 Å². The molecule has 0 aromatic rings. The summed E-state index contributed by atoms with van der Waals surface area (Å²) in [6, 6.07) is 0.324. The molecule has 70 valence electrons. The van der Waals surface area contributed by atoms with Gasteiger partial charge in [0.1, 0.15) is 0 Å². The Hall–Kier alpha value is 0.130. The second kappa shape index (κ2) is 4.39. The molecule has 0 radical (unpaired) electrons. The van der Waals surface area contributed by atoms with E-state index >= 15 is 0 Å². The summed E-state index contributed by atoms with van der Waals surface area (Å²) in [5.41, 5.74) is 0. The maximum atomic E-state index is 11.4. The maximum absolute atomic E-state index is 11.4. The van der Waals surface area contributed by atoms with E-state index in [0.29, 0.717) is 12.6 Å². The molecule has 1 aliphatic rings. The van der Waals surface area contributed by atoms with Gasteiger partial charge < -0.3 is 4.90 Å². The van der Waals surface area contributed by atoms with Crippen LogP contribution in [-0.4, -0.2) is 40.8 Å². The molecule has 0 unspecified atom stereocenters. The fraction of sp³-hybridized carbons (Fsp3) is 0.857. The van der Waals surface area contributed by atoms with E-state index in [-0.39, 0.29) is 5.91 Å². The summed E-state index contributed by atoms with van der Waals surface area (Å²) in [6.45, 7) is 6.32. The van der Waals surface area contributed by atoms with Crippen molar-refractivity contribution in [2.75, 3.05) is 19.6 Å². The standard InChI is InChI=1S/C7H14N2OS2/c1-6(2)9-4-3-8(12-11)5-7(9)10/h6,11H,3-5H2,1-2H3. The third-order valence-electron chi connectivity index (χ3n) is 1.96. The lowest BCUT2D eigenvalue weighted by atomic mass is 10.2. The summed E-state index contributed by atoms with van der Waals surface area (Å²) in [6.07, 6.45) is 0. The smallest absolute Gasteiger partial charge is 0.238 e. The van der Waals surface area contributed by atoms with E-state index in [2.05, 4.69) is 11.7 Å². The maximum Gasteiger partial charge on any atom is 0.238 e. The first-order valence-corrected chi connectivity index (χ1v) is 5.83. The predicted molar refractivity (Wildman–Crippen MR) is 55.0 cm³/mol. The third kappa shape index (κ3) is 2.31. The van der Waals surface area contributed by atoms with Gasteiger partial charge in [-0.1, -0.05) is 11.7 Å². The van der Waals surface area contributed by atoms with Gasteiger partial charge in [0.25, 0.3) is 0 Å². The molecule has 12 heavy (non-hydrogen) atoms. The van der Waals surface area contributed by atoms with Crippen molar-refractivity contribution in [1.82, 2.24) is 9.21 Å². The fourth-order valence-corrected chi connectivity index (χ4v) is 2.03. The lowest BCUT2D eigenvalue weighted by Crippen LogP contribution is -2.50. The van der Waals surface area contributed by atoms with E-state index in [4.69, 9.17) is 0 Å². The van der Waals surface area contributed by atoms with Crippen LogP contribution in [0.2, 0.25) is 0 Å². The number of carbonyl (C=O) groups excluding carboxylic acids is 1. The number of hydrogen-bond acceptors (Lipinski definition) is 4. The van der Waals surface area contributed by atoms with Crippen LogP contribution in [0.15, 0.2) is 0 Å². The Morgan fingerprint density at radius 3 is 2.58 bits per heavy atom. The van der Waals surface area contributed by atoms with Gasteiger partial charge in [-0.05, 0) is 24.8 Å². The molecule has 0 atom stereocenters.